The number of hydrogen-bond acceptors (Lipinski definition) is 8. The minimum absolute atomic E-state index is 0.0649. The maximum atomic E-state index is 14.0. The molecule has 8 heteroatoms. The number of cyclic esters (lactones) is 1. The minimum Gasteiger partial charge on any atom is -0.472 e. The van der Waals surface area contributed by atoms with E-state index in [1.807, 2.05) is 44.2 Å². The van der Waals surface area contributed by atoms with Crippen molar-refractivity contribution in [2.75, 3.05) is 0 Å². The number of hydrogen-bond donors (Lipinski definition) is 0. The summed E-state index contributed by atoms with van der Waals surface area (Å²) in [5, 5.41) is 0. The van der Waals surface area contributed by atoms with Gasteiger partial charge in [-0.1, -0.05) is 44.2 Å². The number of benzene rings is 1. The molecule has 2 aliphatic carbocycles. The van der Waals surface area contributed by atoms with E-state index in [4.69, 9.17) is 18.6 Å². The first-order chi connectivity index (χ1) is 17.6. The third-order valence-corrected chi connectivity index (χ3v) is 8.83. The van der Waals surface area contributed by atoms with Gasteiger partial charge in [-0.25, -0.2) is 0 Å². The molecule has 7 atom stereocenters. The molecule has 1 aliphatic heterocycles. The van der Waals surface area contributed by atoms with Gasteiger partial charge in [-0.05, 0) is 41.7 Å². The van der Waals surface area contributed by atoms with Crippen LogP contribution in [0.1, 0.15) is 63.7 Å². The normalized spacial score (nSPS) is 35.1. The van der Waals surface area contributed by atoms with Gasteiger partial charge in [0.15, 0.2) is 11.9 Å². The monoisotopic (exact) mass is 508 g/mol. The smallest absolute Gasteiger partial charge is 0.310 e. The van der Waals surface area contributed by atoms with Gasteiger partial charge in [0.25, 0.3) is 0 Å². The number of carbonyl (C=O) groups is 4. The number of carbonyl (C=O) groups excluding carboxylic acids is 4. The van der Waals surface area contributed by atoms with Crippen LogP contribution in [0, 0.1) is 28.6 Å². The van der Waals surface area contributed by atoms with Gasteiger partial charge in [-0.15, -0.1) is 0 Å². The van der Waals surface area contributed by atoms with Crippen molar-refractivity contribution in [1.29, 1.82) is 0 Å². The van der Waals surface area contributed by atoms with Crippen molar-refractivity contribution in [1.82, 2.24) is 0 Å². The predicted octanol–water partition coefficient (Wildman–Crippen LogP) is 4.57. The van der Waals surface area contributed by atoms with Crippen molar-refractivity contribution in [3.63, 3.8) is 0 Å². The first kappa shape index (κ1) is 25.2. The molecule has 0 amide bonds. The summed E-state index contributed by atoms with van der Waals surface area (Å²) >= 11 is 0. The van der Waals surface area contributed by atoms with Gasteiger partial charge >= 0.3 is 17.9 Å². The number of rotatable bonds is 5. The number of furan rings is 1. The van der Waals surface area contributed by atoms with Gasteiger partial charge in [0, 0.05) is 24.8 Å². The van der Waals surface area contributed by atoms with Crippen LogP contribution in [-0.4, -0.2) is 29.8 Å². The van der Waals surface area contributed by atoms with Crippen LogP contribution in [0.25, 0.3) is 0 Å². The molecule has 1 aromatic heterocycles. The Morgan fingerprint density at radius 1 is 1.08 bits per heavy atom. The van der Waals surface area contributed by atoms with Crippen LogP contribution < -0.4 is 0 Å². The second-order valence-corrected chi connectivity index (χ2v) is 11.1. The molecule has 3 fully saturated rings. The summed E-state index contributed by atoms with van der Waals surface area (Å²) in [5.41, 5.74) is -0.00256. The quantitative estimate of drug-likeness (QED) is 0.427. The Labute approximate surface area is 215 Å². The zero-order valence-electron chi connectivity index (χ0n) is 21.3. The topological polar surface area (TPSA) is 109 Å². The molecule has 0 radical (unpaired) electrons. The zero-order chi connectivity index (χ0) is 26.4. The van der Waals surface area contributed by atoms with Crippen LogP contribution in [0.15, 0.2) is 53.3 Å². The fraction of sp³-hybridized carbons (Fsp3) is 0.517. The van der Waals surface area contributed by atoms with Gasteiger partial charge in [-0.3, -0.25) is 19.2 Å². The maximum Gasteiger partial charge on any atom is 0.310 e. The molecule has 3 aliphatic rings. The van der Waals surface area contributed by atoms with Crippen LogP contribution in [0.2, 0.25) is 0 Å². The van der Waals surface area contributed by atoms with E-state index in [2.05, 4.69) is 0 Å². The van der Waals surface area contributed by atoms with E-state index in [1.54, 1.807) is 6.07 Å². The lowest BCUT2D eigenvalue weighted by Gasteiger charge is -2.61. The van der Waals surface area contributed by atoms with Crippen LogP contribution >= 0.6 is 0 Å². The SMILES string of the molecule is CC(=O)O[C@H]1C[C@@H](C(=O)OCc2ccccc2)[C@]2(C)CC[C@H]3C(=O)O[C@H](c4ccoc4)C[C@]3(C)[C@H]2C1=O. The van der Waals surface area contributed by atoms with Crippen LogP contribution in [0.5, 0.6) is 0 Å². The Morgan fingerprint density at radius 3 is 2.51 bits per heavy atom. The van der Waals surface area contributed by atoms with Crippen molar-refractivity contribution in [3.05, 3.63) is 60.1 Å². The lowest BCUT2D eigenvalue weighted by atomic mass is 9.43. The molecule has 1 aromatic carbocycles. The van der Waals surface area contributed by atoms with Crippen molar-refractivity contribution in [3.8, 4) is 0 Å². The van der Waals surface area contributed by atoms with E-state index >= 15 is 0 Å². The van der Waals surface area contributed by atoms with Gasteiger partial charge in [-0.2, -0.15) is 0 Å². The Kier molecular flexibility index (Phi) is 6.46. The van der Waals surface area contributed by atoms with Crippen molar-refractivity contribution in [2.24, 2.45) is 28.6 Å². The molecule has 2 aromatic rings. The highest BCUT2D eigenvalue weighted by molar-refractivity contribution is 5.93. The molecule has 0 N–H and O–H groups in total. The average molecular weight is 509 g/mol. The summed E-state index contributed by atoms with van der Waals surface area (Å²) in [4.78, 5) is 52.7. The molecule has 0 unspecified atom stereocenters. The molecule has 196 valence electrons. The first-order valence-electron chi connectivity index (χ1n) is 12.8. The number of ether oxygens (including phenoxy) is 3. The molecule has 2 saturated carbocycles. The second-order valence-electron chi connectivity index (χ2n) is 11.1. The summed E-state index contributed by atoms with van der Waals surface area (Å²) < 4.78 is 22.2. The Morgan fingerprint density at radius 2 is 1.84 bits per heavy atom. The van der Waals surface area contributed by atoms with Crippen molar-refractivity contribution < 1.29 is 37.8 Å². The third-order valence-electron chi connectivity index (χ3n) is 8.83. The average Bonchev–Trinajstić information content (AvgIpc) is 3.39. The van der Waals surface area contributed by atoms with Crippen molar-refractivity contribution in [2.45, 2.75) is 65.3 Å². The standard InChI is InChI=1S/C29H32O8/c1-17(30)36-22-13-21(26(32)35-15-18-7-5-4-6-8-18)28(2)11-9-20-27(33)37-23(19-10-12-34-16-19)14-29(20,3)25(28)24(22)31/h4-8,10,12,16,20-23,25H,9,11,13-15H2,1-3H3/t20-,21-,22-,23-,25-,28-,29-/m0/s1. The zero-order valence-corrected chi connectivity index (χ0v) is 21.3. The number of esters is 3. The van der Waals surface area contributed by atoms with E-state index < -0.39 is 52.7 Å². The lowest BCUT2D eigenvalue weighted by molar-refractivity contribution is -0.211. The fourth-order valence-electron chi connectivity index (χ4n) is 7.15. The summed E-state index contributed by atoms with van der Waals surface area (Å²) in [6.07, 6.45) is 2.84. The van der Waals surface area contributed by atoms with Crippen LogP contribution in [0.4, 0.5) is 0 Å². The van der Waals surface area contributed by atoms with Crippen LogP contribution in [0.3, 0.4) is 0 Å². The number of ketones is 1. The minimum atomic E-state index is -1.08. The predicted molar refractivity (Wildman–Crippen MR) is 129 cm³/mol. The van der Waals surface area contributed by atoms with E-state index in [0.29, 0.717) is 19.3 Å². The van der Waals surface area contributed by atoms with Crippen molar-refractivity contribution >= 4 is 23.7 Å². The molecule has 2 heterocycles. The maximum absolute atomic E-state index is 14.0. The Hall–Kier alpha value is -3.42. The Balaban J connectivity index is 1.50. The molecule has 1 saturated heterocycles. The largest absolute Gasteiger partial charge is 0.472 e. The van der Waals surface area contributed by atoms with E-state index in [-0.39, 0.29) is 24.8 Å². The molecule has 5 rings (SSSR count). The Bertz CT molecular complexity index is 1190. The van der Waals surface area contributed by atoms with Gasteiger partial charge in [0.1, 0.15) is 12.7 Å². The molecular formula is C29H32O8. The fourth-order valence-corrected chi connectivity index (χ4v) is 7.15. The number of fused-ring (bicyclic) bond motifs is 3. The molecule has 8 nitrogen and oxygen atoms in total. The van der Waals surface area contributed by atoms with E-state index in [0.717, 1.165) is 11.1 Å². The summed E-state index contributed by atoms with van der Waals surface area (Å²) in [6, 6.07) is 11.1. The molecule has 0 spiro atoms. The summed E-state index contributed by atoms with van der Waals surface area (Å²) in [6.45, 7) is 5.25. The highest BCUT2D eigenvalue weighted by Gasteiger charge is 2.67. The third kappa shape index (κ3) is 4.36. The summed E-state index contributed by atoms with van der Waals surface area (Å²) in [5.74, 6) is -3.48. The highest BCUT2D eigenvalue weighted by atomic mass is 16.6. The molecular weight excluding hydrogens is 476 g/mol. The van der Waals surface area contributed by atoms with Crippen LogP contribution in [-0.2, 0) is 40.0 Å². The van der Waals surface area contributed by atoms with Gasteiger partial charge in [0.2, 0.25) is 0 Å². The second kappa shape index (κ2) is 9.47. The number of Topliss-reactive ketones (excluding diaryl/α,β-unsaturated/α-hetero) is 1. The molecule has 0 bridgehead atoms. The highest BCUT2D eigenvalue weighted by Crippen LogP contribution is 2.65. The summed E-state index contributed by atoms with van der Waals surface area (Å²) in [7, 11) is 0. The van der Waals surface area contributed by atoms with Gasteiger partial charge < -0.3 is 18.6 Å². The van der Waals surface area contributed by atoms with Gasteiger partial charge in [0.05, 0.1) is 24.4 Å². The first-order valence-corrected chi connectivity index (χ1v) is 12.8. The van der Waals surface area contributed by atoms with E-state index in [9.17, 15) is 19.2 Å². The molecule has 37 heavy (non-hydrogen) atoms. The van der Waals surface area contributed by atoms with E-state index in [1.165, 1.54) is 19.5 Å². The lowest BCUT2D eigenvalue weighted by Crippen LogP contribution is -2.64.